The fourth-order valence-corrected chi connectivity index (χ4v) is 2.43. The lowest BCUT2D eigenvalue weighted by atomic mass is 9.90. The third kappa shape index (κ3) is 0.866. The fraction of sp³-hybridized carbons (Fsp3) is 0.778. The highest BCUT2D eigenvalue weighted by Gasteiger charge is 2.50. The van der Waals surface area contributed by atoms with Gasteiger partial charge in [-0.2, -0.15) is 0 Å². The summed E-state index contributed by atoms with van der Waals surface area (Å²) in [5.41, 5.74) is 0.601. The highest BCUT2D eigenvalue weighted by Crippen LogP contribution is 2.42. The van der Waals surface area contributed by atoms with E-state index in [2.05, 4.69) is 6.58 Å². The number of alkyl halides is 1. The lowest BCUT2D eigenvalue weighted by molar-refractivity contribution is 0.123. The quantitative estimate of drug-likeness (QED) is 0.588. The molecule has 68 valence electrons. The minimum atomic E-state index is -0.783. The highest BCUT2D eigenvalue weighted by molar-refractivity contribution is 5.26. The molecular weight excluding hydrogens is 157 g/mol. The number of hydrogen-bond donors (Lipinski definition) is 1. The molecule has 1 unspecified atom stereocenters. The van der Waals surface area contributed by atoms with E-state index in [-0.39, 0.29) is 6.61 Å². The van der Waals surface area contributed by atoms with Gasteiger partial charge in [0.15, 0.2) is 0 Å². The average Bonchev–Trinajstić information content (AvgIpc) is 2.50. The van der Waals surface area contributed by atoms with Crippen molar-refractivity contribution in [2.24, 2.45) is 0 Å². The van der Waals surface area contributed by atoms with Crippen molar-refractivity contribution < 1.29 is 9.50 Å². The van der Waals surface area contributed by atoms with Crippen LogP contribution >= 0.6 is 0 Å². The molecule has 0 saturated carbocycles. The van der Waals surface area contributed by atoms with Crippen molar-refractivity contribution in [3.63, 3.8) is 0 Å². The second-order valence-electron chi connectivity index (χ2n) is 3.79. The van der Waals surface area contributed by atoms with Gasteiger partial charge in [-0.15, -0.1) is 0 Å². The molecule has 12 heavy (non-hydrogen) atoms. The Morgan fingerprint density at radius 3 is 3.08 bits per heavy atom. The van der Waals surface area contributed by atoms with E-state index in [1.807, 2.05) is 4.90 Å². The summed E-state index contributed by atoms with van der Waals surface area (Å²) in [6.07, 6.45) is 0.560. The van der Waals surface area contributed by atoms with Gasteiger partial charge in [-0.25, -0.2) is 4.39 Å². The summed E-state index contributed by atoms with van der Waals surface area (Å²) in [5, 5.41) is 9.25. The monoisotopic (exact) mass is 171 g/mol. The van der Waals surface area contributed by atoms with Crippen LogP contribution < -0.4 is 0 Å². The zero-order valence-corrected chi connectivity index (χ0v) is 7.09. The van der Waals surface area contributed by atoms with Gasteiger partial charge in [-0.05, 0) is 6.42 Å². The van der Waals surface area contributed by atoms with Gasteiger partial charge in [0, 0.05) is 19.5 Å². The van der Waals surface area contributed by atoms with Crippen molar-refractivity contribution in [2.45, 2.75) is 24.6 Å². The smallest absolute Gasteiger partial charge is 0.115 e. The molecule has 2 heterocycles. The number of nitrogens with zero attached hydrogens (tertiary/aromatic N) is 1. The first-order valence-corrected chi connectivity index (χ1v) is 4.37. The summed E-state index contributed by atoms with van der Waals surface area (Å²) in [5.74, 6) is 0. The van der Waals surface area contributed by atoms with Gasteiger partial charge in [0.1, 0.15) is 6.17 Å². The zero-order valence-electron chi connectivity index (χ0n) is 7.09. The Balaban J connectivity index is 2.28. The summed E-state index contributed by atoms with van der Waals surface area (Å²) in [4.78, 5) is 2.03. The van der Waals surface area contributed by atoms with Crippen LogP contribution in [0, 0.1) is 0 Å². The van der Waals surface area contributed by atoms with Crippen LogP contribution in [0.2, 0.25) is 0 Å². The Bertz CT molecular complexity index is 219. The second-order valence-corrected chi connectivity index (χ2v) is 3.79. The van der Waals surface area contributed by atoms with Gasteiger partial charge in [-0.3, -0.25) is 4.90 Å². The first-order chi connectivity index (χ1) is 5.69. The van der Waals surface area contributed by atoms with Gasteiger partial charge in [0.25, 0.3) is 0 Å². The Hall–Kier alpha value is -0.410. The zero-order chi connectivity index (χ0) is 8.77. The minimum absolute atomic E-state index is 0.0201. The molecule has 0 aromatic rings. The van der Waals surface area contributed by atoms with E-state index in [1.54, 1.807) is 0 Å². The summed E-state index contributed by atoms with van der Waals surface area (Å²) in [6, 6.07) is 0. The van der Waals surface area contributed by atoms with Crippen LogP contribution in [-0.2, 0) is 0 Å². The van der Waals surface area contributed by atoms with Gasteiger partial charge in [0.2, 0.25) is 0 Å². The maximum atomic E-state index is 13.1. The van der Waals surface area contributed by atoms with Crippen LogP contribution in [0.4, 0.5) is 4.39 Å². The number of hydrogen-bond acceptors (Lipinski definition) is 2. The summed E-state index contributed by atoms with van der Waals surface area (Å²) >= 11 is 0. The number of rotatable bonds is 1. The molecule has 2 saturated heterocycles. The third-order valence-electron chi connectivity index (χ3n) is 3.19. The van der Waals surface area contributed by atoms with Crippen LogP contribution in [0.3, 0.4) is 0 Å². The number of halogens is 1. The normalized spacial score (nSPS) is 42.2. The molecule has 2 aliphatic rings. The van der Waals surface area contributed by atoms with Crippen molar-refractivity contribution in [2.75, 3.05) is 19.7 Å². The van der Waals surface area contributed by atoms with Gasteiger partial charge in [0.05, 0.1) is 12.1 Å². The van der Waals surface area contributed by atoms with Gasteiger partial charge >= 0.3 is 0 Å². The summed E-state index contributed by atoms with van der Waals surface area (Å²) in [6.45, 7) is 5.26. The van der Waals surface area contributed by atoms with E-state index in [0.717, 1.165) is 18.5 Å². The Morgan fingerprint density at radius 1 is 1.75 bits per heavy atom. The van der Waals surface area contributed by atoms with Crippen LogP contribution in [-0.4, -0.2) is 41.4 Å². The SMILES string of the molecule is C=C1CCN2C[C@H](F)CC12CO. The molecule has 0 spiro atoms. The number of aliphatic hydroxyl groups is 1. The molecule has 0 amide bonds. The third-order valence-corrected chi connectivity index (χ3v) is 3.19. The predicted octanol–water partition coefficient (Wildman–Crippen LogP) is 0.721. The van der Waals surface area contributed by atoms with Crippen LogP contribution in [0.1, 0.15) is 12.8 Å². The number of fused-ring (bicyclic) bond motifs is 1. The van der Waals surface area contributed by atoms with E-state index < -0.39 is 11.7 Å². The summed E-state index contributed by atoms with van der Waals surface area (Å²) < 4.78 is 13.1. The average molecular weight is 171 g/mol. The Morgan fingerprint density at radius 2 is 2.50 bits per heavy atom. The van der Waals surface area contributed by atoms with Crippen molar-refractivity contribution in [1.29, 1.82) is 0 Å². The molecule has 2 aliphatic heterocycles. The van der Waals surface area contributed by atoms with Crippen molar-refractivity contribution in [1.82, 2.24) is 4.90 Å². The first kappa shape index (κ1) is 8.20. The van der Waals surface area contributed by atoms with E-state index in [4.69, 9.17) is 0 Å². The molecule has 0 aromatic heterocycles. The number of aliphatic hydroxyl groups excluding tert-OH is 1. The standard InChI is InChI=1S/C9H14FNO/c1-7-2-3-11-5-8(10)4-9(7,11)6-12/h8,12H,1-6H2/t8-,9?/m1/s1. The Kier molecular flexibility index (Phi) is 1.73. The van der Waals surface area contributed by atoms with Crippen LogP contribution in [0.5, 0.6) is 0 Å². The van der Waals surface area contributed by atoms with E-state index >= 15 is 0 Å². The largest absolute Gasteiger partial charge is 0.394 e. The van der Waals surface area contributed by atoms with Gasteiger partial charge in [-0.1, -0.05) is 12.2 Å². The van der Waals surface area contributed by atoms with Gasteiger partial charge < -0.3 is 5.11 Å². The van der Waals surface area contributed by atoms with E-state index in [0.29, 0.717) is 13.0 Å². The molecule has 2 nitrogen and oxygen atoms in total. The highest BCUT2D eigenvalue weighted by atomic mass is 19.1. The summed E-state index contributed by atoms with van der Waals surface area (Å²) in [7, 11) is 0. The minimum Gasteiger partial charge on any atom is -0.394 e. The van der Waals surface area contributed by atoms with Crippen molar-refractivity contribution >= 4 is 0 Å². The van der Waals surface area contributed by atoms with Crippen LogP contribution in [0.15, 0.2) is 12.2 Å². The van der Waals surface area contributed by atoms with Crippen molar-refractivity contribution in [3.05, 3.63) is 12.2 Å². The van der Waals surface area contributed by atoms with Crippen LogP contribution in [0.25, 0.3) is 0 Å². The molecule has 3 heteroatoms. The predicted molar refractivity (Wildman–Crippen MR) is 44.7 cm³/mol. The second kappa shape index (κ2) is 2.54. The van der Waals surface area contributed by atoms with Crippen molar-refractivity contribution in [3.8, 4) is 0 Å². The molecule has 1 N–H and O–H groups in total. The molecular formula is C9H14FNO. The first-order valence-electron chi connectivity index (χ1n) is 4.37. The molecule has 2 fully saturated rings. The molecule has 2 rings (SSSR count). The topological polar surface area (TPSA) is 23.5 Å². The van der Waals surface area contributed by atoms with E-state index in [1.165, 1.54) is 0 Å². The fourth-order valence-electron chi connectivity index (χ4n) is 2.43. The van der Waals surface area contributed by atoms with E-state index in [9.17, 15) is 9.50 Å². The molecule has 0 bridgehead atoms. The maximum absolute atomic E-state index is 13.1. The maximum Gasteiger partial charge on any atom is 0.115 e. The molecule has 0 aliphatic carbocycles. The lowest BCUT2D eigenvalue weighted by Crippen LogP contribution is -2.42. The molecule has 0 aromatic carbocycles. The lowest BCUT2D eigenvalue weighted by Gasteiger charge is -2.30. The Labute approximate surface area is 71.7 Å². The molecule has 0 radical (unpaired) electrons. The molecule has 2 atom stereocenters.